The molecule has 25 heavy (non-hydrogen) atoms. The zero-order valence-corrected chi connectivity index (χ0v) is 14.5. The molecule has 0 bridgehead atoms. The van der Waals surface area contributed by atoms with Crippen LogP contribution in [0, 0.1) is 0 Å². The molecule has 2 rings (SSSR count). The summed E-state index contributed by atoms with van der Waals surface area (Å²) in [5.41, 5.74) is 5.53. The van der Waals surface area contributed by atoms with Gasteiger partial charge in [-0.15, -0.1) is 0 Å². The monoisotopic (exact) mass is 359 g/mol. The van der Waals surface area contributed by atoms with E-state index >= 15 is 0 Å². The number of carbonyl (C=O) groups excluding carboxylic acids is 2. The van der Waals surface area contributed by atoms with Crippen molar-refractivity contribution in [3.8, 4) is 11.5 Å². The lowest BCUT2D eigenvalue weighted by Crippen LogP contribution is -2.48. The van der Waals surface area contributed by atoms with E-state index in [4.69, 9.17) is 21.7 Å². The quantitative estimate of drug-likeness (QED) is 0.568. The van der Waals surface area contributed by atoms with Gasteiger partial charge in [-0.25, -0.2) is 0 Å². The normalized spacial score (nSPS) is 9.68. The fourth-order valence-corrected chi connectivity index (χ4v) is 2.19. The summed E-state index contributed by atoms with van der Waals surface area (Å²) in [6.07, 6.45) is 0. The van der Waals surface area contributed by atoms with Crippen LogP contribution in [0.25, 0.3) is 0 Å². The van der Waals surface area contributed by atoms with Gasteiger partial charge in [0.25, 0.3) is 11.8 Å². The summed E-state index contributed by atoms with van der Waals surface area (Å²) >= 11 is 5.01. The zero-order valence-electron chi connectivity index (χ0n) is 13.7. The number of hydrogen-bond donors (Lipinski definition) is 3. The Morgan fingerprint density at radius 1 is 0.800 bits per heavy atom. The minimum Gasteiger partial charge on any atom is -0.496 e. The number of hydrazine groups is 1. The average molecular weight is 359 g/mol. The zero-order chi connectivity index (χ0) is 18.2. The van der Waals surface area contributed by atoms with E-state index in [1.807, 2.05) is 0 Å². The van der Waals surface area contributed by atoms with Gasteiger partial charge in [-0.05, 0) is 36.5 Å². The molecule has 0 unspecified atom stereocenters. The van der Waals surface area contributed by atoms with E-state index in [1.54, 1.807) is 48.5 Å². The molecule has 0 fully saturated rings. The predicted molar refractivity (Wildman–Crippen MR) is 96.7 cm³/mol. The summed E-state index contributed by atoms with van der Waals surface area (Å²) < 4.78 is 10.2. The van der Waals surface area contributed by atoms with Crippen LogP contribution in [0.3, 0.4) is 0 Å². The molecule has 130 valence electrons. The van der Waals surface area contributed by atoms with E-state index in [9.17, 15) is 9.59 Å². The Balaban J connectivity index is 1.94. The molecule has 2 amide bonds. The van der Waals surface area contributed by atoms with Crippen LogP contribution in [-0.2, 0) is 0 Å². The highest BCUT2D eigenvalue weighted by molar-refractivity contribution is 7.80. The summed E-state index contributed by atoms with van der Waals surface area (Å²) in [7, 11) is 2.94. The maximum absolute atomic E-state index is 12.2. The third kappa shape index (κ3) is 4.67. The van der Waals surface area contributed by atoms with E-state index in [0.717, 1.165) is 0 Å². The maximum atomic E-state index is 12.2. The molecular formula is C17H17N3O4S. The Bertz CT molecular complexity index is 795. The lowest BCUT2D eigenvalue weighted by molar-refractivity contribution is 0.0931. The van der Waals surface area contributed by atoms with Crippen LogP contribution in [0.15, 0.2) is 48.5 Å². The fourth-order valence-electron chi connectivity index (χ4n) is 2.05. The molecule has 0 spiro atoms. The van der Waals surface area contributed by atoms with Crippen LogP contribution >= 0.6 is 12.2 Å². The Hall–Kier alpha value is -3.13. The Labute approximate surface area is 150 Å². The maximum Gasteiger partial charge on any atom is 0.273 e. The number of hydrogen-bond acceptors (Lipinski definition) is 5. The van der Waals surface area contributed by atoms with Crippen LogP contribution in [0.4, 0.5) is 0 Å². The highest BCUT2D eigenvalue weighted by Gasteiger charge is 2.14. The standard InChI is InChI=1S/C17H17N3O4S/c1-23-13-9-5-3-7-11(13)15(21)18-17(25)20-19-16(22)12-8-4-6-10-14(12)24-2/h3-10H,1-2H3,(H,19,22)(H2,18,20,21,25). The number of rotatable bonds is 4. The van der Waals surface area contributed by atoms with Crippen molar-refractivity contribution in [2.24, 2.45) is 0 Å². The van der Waals surface area contributed by atoms with Gasteiger partial charge < -0.3 is 9.47 Å². The van der Waals surface area contributed by atoms with Crippen molar-refractivity contribution in [2.75, 3.05) is 14.2 Å². The Kier molecular flexibility index (Phi) is 6.30. The van der Waals surface area contributed by atoms with Gasteiger partial charge in [0.15, 0.2) is 5.11 Å². The highest BCUT2D eigenvalue weighted by Crippen LogP contribution is 2.17. The first-order valence-electron chi connectivity index (χ1n) is 7.24. The number of para-hydroxylation sites is 2. The first kappa shape index (κ1) is 18.2. The SMILES string of the molecule is COc1ccccc1C(=O)NNC(=S)NC(=O)c1ccccc1OC. The first-order chi connectivity index (χ1) is 12.1. The highest BCUT2D eigenvalue weighted by atomic mass is 32.1. The van der Waals surface area contributed by atoms with Crippen LogP contribution in [0.5, 0.6) is 11.5 Å². The van der Waals surface area contributed by atoms with Gasteiger partial charge in [-0.2, -0.15) is 0 Å². The second-order valence-corrected chi connectivity index (χ2v) is 5.17. The Morgan fingerprint density at radius 2 is 1.28 bits per heavy atom. The summed E-state index contributed by atoms with van der Waals surface area (Å²) in [5.74, 6) is -0.0699. The van der Waals surface area contributed by atoms with E-state index in [0.29, 0.717) is 22.6 Å². The van der Waals surface area contributed by atoms with Gasteiger partial charge in [-0.1, -0.05) is 24.3 Å². The number of amides is 2. The van der Waals surface area contributed by atoms with Crippen LogP contribution < -0.4 is 25.6 Å². The van der Waals surface area contributed by atoms with E-state index in [1.165, 1.54) is 14.2 Å². The number of thiocarbonyl (C=S) groups is 1. The van der Waals surface area contributed by atoms with Crippen molar-refractivity contribution in [1.82, 2.24) is 16.2 Å². The molecule has 7 nitrogen and oxygen atoms in total. The lowest BCUT2D eigenvalue weighted by Gasteiger charge is -2.13. The Morgan fingerprint density at radius 3 is 1.80 bits per heavy atom. The first-order valence-corrected chi connectivity index (χ1v) is 7.65. The second kappa shape index (κ2) is 8.65. The average Bonchev–Trinajstić information content (AvgIpc) is 2.65. The minimum atomic E-state index is -0.457. The topological polar surface area (TPSA) is 88.7 Å². The summed E-state index contributed by atoms with van der Waals surface area (Å²) in [6, 6.07) is 13.4. The molecule has 2 aromatic rings. The number of ether oxygens (including phenoxy) is 2. The number of carbonyl (C=O) groups is 2. The van der Waals surface area contributed by atoms with Crippen molar-refractivity contribution < 1.29 is 19.1 Å². The molecule has 0 saturated heterocycles. The van der Waals surface area contributed by atoms with Crippen molar-refractivity contribution in [3.05, 3.63) is 59.7 Å². The molecule has 0 atom stereocenters. The molecule has 0 saturated carbocycles. The molecule has 0 heterocycles. The van der Waals surface area contributed by atoms with Gasteiger partial charge in [-0.3, -0.25) is 25.8 Å². The van der Waals surface area contributed by atoms with Gasteiger partial charge in [0.1, 0.15) is 11.5 Å². The van der Waals surface area contributed by atoms with E-state index in [2.05, 4.69) is 16.2 Å². The van der Waals surface area contributed by atoms with Crippen molar-refractivity contribution in [1.29, 1.82) is 0 Å². The van der Waals surface area contributed by atoms with Gasteiger partial charge in [0.05, 0.1) is 25.3 Å². The van der Waals surface area contributed by atoms with Crippen LogP contribution in [-0.4, -0.2) is 31.1 Å². The van der Waals surface area contributed by atoms with Crippen molar-refractivity contribution in [2.45, 2.75) is 0 Å². The smallest absolute Gasteiger partial charge is 0.273 e. The summed E-state index contributed by atoms with van der Waals surface area (Å²) in [5, 5.41) is 2.41. The summed E-state index contributed by atoms with van der Waals surface area (Å²) in [6.45, 7) is 0. The van der Waals surface area contributed by atoms with Gasteiger partial charge >= 0.3 is 0 Å². The number of benzene rings is 2. The van der Waals surface area contributed by atoms with Gasteiger partial charge in [0.2, 0.25) is 0 Å². The molecule has 0 aliphatic rings. The third-order valence-corrected chi connectivity index (χ3v) is 3.42. The molecule has 3 N–H and O–H groups in total. The molecule has 8 heteroatoms. The predicted octanol–water partition coefficient (Wildman–Crippen LogP) is 1.65. The van der Waals surface area contributed by atoms with Crippen molar-refractivity contribution in [3.63, 3.8) is 0 Å². The van der Waals surface area contributed by atoms with E-state index < -0.39 is 11.8 Å². The molecule has 2 aromatic carbocycles. The lowest BCUT2D eigenvalue weighted by atomic mass is 10.2. The largest absolute Gasteiger partial charge is 0.496 e. The molecule has 0 aliphatic heterocycles. The van der Waals surface area contributed by atoms with Gasteiger partial charge in [0, 0.05) is 0 Å². The van der Waals surface area contributed by atoms with Crippen LogP contribution in [0.1, 0.15) is 20.7 Å². The van der Waals surface area contributed by atoms with E-state index in [-0.39, 0.29) is 5.11 Å². The minimum absolute atomic E-state index is 0.0563. The molecule has 0 aliphatic carbocycles. The number of methoxy groups -OCH3 is 2. The second-order valence-electron chi connectivity index (χ2n) is 4.76. The van der Waals surface area contributed by atoms with Crippen molar-refractivity contribution >= 4 is 29.1 Å². The fraction of sp³-hybridized carbons (Fsp3) is 0.118. The molecular weight excluding hydrogens is 342 g/mol. The number of nitrogens with one attached hydrogen (secondary N) is 3. The third-order valence-electron chi connectivity index (χ3n) is 3.22. The molecule has 0 aromatic heterocycles. The summed E-state index contributed by atoms with van der Waals surface area (Å²) in [4.78, 5) is 24.3. The van der Waals surface area contributed by atoms with Crippen LogP contribution in [0.2, 0.25) is 0 Å². The molecule has 0 radical (unpaired) electrons.